The first-order chi connectivity index (χ1) is 6.16. The van der Waals surface area contributed by atoms with Crippen molar-refractivity contribution in [2.45, 2.75) is 33.3 Å². The average Bonchev–Trinajstić information content (AvgIpc) is 2.08. The van der Waals surface area contributed by atoms with Crippen molar-refractivity contribution in [1.29, 1.82) is 0 Å². The van der Waals surface area contributed by atoms with Gasteiger partial charge in [-0.15, -0.1) is 0 Å². The van der Waals surface area contributed by atoms with Gasteiger partial charge in [0.05, 0.1) is 6.10 Å². The zero-order valence-electron chi connectivity index (χ0n) is 9.05. The first kappa shape index (κ1) is 13.3. The van der Waals surface area contributed by atoms with Crippen LogP contribution in [0.5, 0.6) is 0 Å². The van der Waals surface area contributed by atoms with Crippen molar-refractivity contribution >= 4 is 11.8 Å². The molecule has 0 aromatic carbocycles. The summed E-state index contributed by atoms with van der Waals surface area (Å²) in [5.74, 6) is 2.80. The molecule has 2 N–H and O–H groups in total. The summed E-state index contributed by atoms with van der Waals surface area (Å²) in [6, 6.07) is 0. The molecule has 1 atom stereocenters. The molecule has 0 rings (SSSR count). The summed E-state index contributed by atoms with van der Waals surface area (Å²) < 4.78 is 0. The van der Waals surface area contributed by atoms with Crippen LogP contribution in [0.25, 0.3) is 0 Å². The monoisotopic (exact) mass is 205 g/mol. The molecule has 0 aromatic rings. The van der Waals surface area contributed by atoms with Crippen LogP contribution in [0.4, 0.5) is 0 Å². The number of aliphatic hydroxyl groups is 1. The van der Waals surface area contributed by atoms with Gasteiger partial charge < -0.3 is 10.4 Å². The molecule has 2 nitrogen and oxygen atoms in total. The molecule has 3 heteroatoms. The van der Waals surface area contributed by atoms with E-state index in [0.717, 1.165) is 24.8 Å². The quantitative estimate of drug-likeness (QED) is 0.592. The van der Waals surface area contributed by atoms with Crippen LogP contribution in [0.15, 0.2) is 0 Å². The second kappa shape index (κ2) is 8.85. The lowest BCUT2D eigenvalue weighted by Gasteiger charge is -2.10. The predicted octanol–water partition coefficient (Wildman–Crippen LogP) is 1.74. The fourth-order valence-corrected chi connectivity index (χ4v) is 2.10. The van der Waals surface area contributed by atoms with Crippen LogP contribution in [-0.4, -0.2) is 35.8 Å². The lowest BCUT2D eigenvalue weighted by Crippen LogP contribution is -2.28. The van der Waals surface area contributed by atoms with E-state index in [1.54, 1.807) is 0 Å². The molecule has 0 aromatic heterocycles. The molecule has 0 fully saturated rings. The van der Waals surface area contributed by atoms with Gasteiger partial charge in [0.1, 0.15) is 0 Å². The molecule has 1 unspecified atom stereocenters. The number of rotatable bonds is 8. The average molecular weight is 205 g/mol. The maximum absolute atomic E-state index is 9.46. The van der Waals surface area contributed by atoms with Crippen LogP contribution in [0, 0.1) is 5.92 Å². The summed E-state index contributed by atoms with van der Waals surface area (Å²) in [6.07, 6.45) is 1.07. The minimum Gasteiger partial charge on any atom is -0.391 e. The molecule has 0 saturated carbocycles. The lowest BCUT2D eigenvalue weighted by atomic mass is 10.2. The largest absolute Gasteiger partial charge is 0.391 e. The third-order valence-electron chi connectivity index (χ3n) is 1.78. The third kappa shape index (κ3) is 10.2. The van der Waals surface area contributed by atoms with Gasteiger partial charge in [0.15, 0.2) is 0 Å². The number of aliphatic hydroxyl groups excluding tert-OH is 1. The minimum absolute atomic E-state index is 0.183. The second-order valence-corrected chi connectivity index (χ2v) is 4.87. The molecule has 0 aliphatic carbocycles. The van der Waals surface area contributed by atoms with Crippen LogP contribution in [-0.2, 0) is 0 Å². The number of likely N-dealkylation sites (N-methyl/N-ethyl adjacent to an activating group) is 1. The summed E-state index contributed by atoms with van der Waals surface area (Å²) in [7, 11) is 0. The Hall–Kier alpha value is 0.270. The number of thioether (sulfide) groups is 1. The summed E-state index contributed by atoms with van der Waals surface area (Å²) >= 11 is 1.85. The Morgan fingerprint density at radius 2 is 2.08 bits per heavy atom. The molecule has 0 heterocycles. The highest BCUT2D eigenvalue weighted by molar-refractivity contribution is 7.99. The van der Waals surface area contributed by atoms with Crippen molar-refractivity contribution in [2.75, 3.05) is 24.6 Å². The van der Waals surface area contributed by atoms with Crippen LogP contribution >= 0.6 is 11.8 Å². The molecule has 0 spiro atoms. The van der Waals surface area contributed by atoms with Crippen LogP contribution in [0.1, 0.15) is 27.2 Å². The maximum atomic E-state index is 9.46. The van der Waals surface area contributed by atoms with Crippen molar-refractivity contribution < 1.29 is 5.11 Å². The van der Waals surface area contributed by atoms with Gasteiger partial charge >= 0.3 is 0 Å². The van der Waals surface area contributed by atoms with Gasteiger partial charge in [0, 0.05) is 12.3 Å². The molecule has 0 radical (unpaired) electrons. The topological polar surface area (TPSA) is 32.3 Å². The first-order valence-electron chi connectivity index (χ1n) is 5.13. The summed E-state index contributed by atoms with van der Waals surface area (Å²) in [5, 5.41) is 12.6. The molecule has 0 amide bonds. The summed E-state index contributed by atoms with van der Waals surface area (Å²) in [5.41, 5.74) is 0. The Bertz CT molecular complexity index is 109. The van der Waals surface area contributed by atoms with Gasteiger partial charge in [-0.25, -0.2) is 0 Å². The number of nitrogens with one attached hydrogen (secondary N) is 1. The second-order valence-electron chi connectivity index (χ2n) is 3.72. The Labute approximate surface area is 86.5 Å². The fraction of sp³-hybridized carbons (Fsp3) is 1.00. The molecular formula is C10H23NOS. The van der Waals surface area contributed by atoms with Crippen molar-refractivity contribution in [1.82, 2.24) is 5.32 Å². The molecule has 0 aliphatic rings. The number of hydrogen-bond donors (Lipinski definition) is 2. The lowest BCUT2D eigenvalue weighted by molar-refractivity contribution is 0.197. The zero-order valence-corrected chi connectivity index (χ0v) is 9.86. The Morgan fingerprint density at radius 1 is 1.38 bits per heavy atom. The molecule has 0 bridgehead atoms. The maximum Gasteiger partial charge on any atom is 0.0754 e. The fourth-order valence-electron chi connectivity index (χ4n) is 0.908. The molecule has 0 aliphatic heterocycles. The highest BCUT2D eigenvalue weighted by Crippen LogP contribution is 2.09. The van der Waals surface area contributed by atoms with E-state index >= 15 is 0 Å². The normalized spacial score (nSPS) is 13.6. The Kier molecular flexibility index (Phi) is 9.03. The summed E-state index contributed by atoms with van der Waals surface area (Å²) in [6.45, 7) is 8.18. The van der Waals surface area contributed by atoms with Crippen LogP contribution in [0.2, 0.25) is 0 Å². The third-order valence-corrected chi connectivity index (χ3v) is 2.92. The van der Waals surface area contributed by atoms with E-state index in [1.165, 1.54) is 12.2 Å². The first-order valence-corrected chi connectivity index (χ1v) is 6.28. The van der Waals surface area contributed by atoms with E-state index in [1.807, 2.05) is 11.8 Å². The smallest absolute Gasteiger partial charge is 0.0754 e. The standard InChI is InChI=1S/C10H23NOS/c1-4-11-7-10(12)8-13-6-5-9(2)3/h9-12H,4-8H2,1-3H3. The Balaban J connectivity index is 3.12. The van der Waals surface area contributed by atoms with E-state index in [9.17, 15) is 5.11 Å². The minimum atomic E-state index is -0.183. The highest BCUT2D eigenvalue weighted by atomic mass is 32.2. The van der Waals surface area contributed by atoms with E-state index in [4.69, 9.17) is 0 Å². The summed E-state index contributed by atoms with van der Waals surface area (Å²) in [4.78, 5) is 0. The van der Waals surface area contributed by atoms with Crippen molar-refractivity contribution in [2.24, 2.45) is 5.92 Å². The van der Waals surface area contributed by atoms with Crippen LogP contribution < -0.4 is 5.32 Å². The van der Waals surface area contributed by atoms with Crippen molar-refractivity contribution in [3.8, 4) is 0 Å². The predicted molar refractivity (Wildman–Crippen MR) is 61.3 cm³/mol. The SMILES string of the molecule is CCNCC(O)CSCCC(C)C. The highest BCUT2D eigenvalue weighted by Gasteiger charge is 2.02. The Morgan fingerprint density at radius 3 is 2.62 bits per heavy atom. The van der Waals surface area contributed by atoms with Crippen molar-refractivity contribution in [3.05, 3.63) is 0 Å². The van der Waals surface area contributed by atoms with Gasteiger partial charge in [-0.05, 0) is 24.6 Å². The van der Waals surface area contributed by atoms with Crippen LogP contribution in [0.3, 0.4) is 0 Å². The van der Waals surface area contributed by atoms with E-state index in [-0.39, 0.29) is 6.10 Å². The van der Waals surface area contributed by atoms with Gasteiger partial charge in [0.25, 0.3) is 0 Å². The number of hydrogen-bond acceptors (Lipinski definition) is 3. The van der Waals surface area contributed by atoms with Crippen molar-refractivity contribution in [3.63, 3.8) is 0 Å². The van der Waals surface area contributed by atoms with Gasteiger partial charge in [-0.3, -0.25) is 0 Å². The molecular weight excluding hydrogens is 182 g/mol. The van der Waals surface area contributed by atoms with E-state index in [2.05, 4.69) is 26.1 Å². The molecule has 80 valence electrons. The van der Waals surface area contributed by atoms with Gasteiger partial charge in [-0.1, -0.05) is 20.8 Å². The van der Waals surface area contributed by atoms with E-state index < -0.39 is 0 Å². The van der Waals surface area contributed by atoms with Gasteiger partial charge in [0.2, 0.25) is 0 Å². The zero-order chi connectivity index (χ0) is 10.1. The molecule has 13 heavy (non-hydrogen) atoms. The van der Waals surface area contributed by atoms with E-state index in [0.29, 0.717) is 0 Å². The van der Waals surface area contributed by atoms with Gasteiger partial charge in [-0.2, -0.15) is 11.8 Å². The molecule has 0 saturated heterocycles.